The number of rotatable bonds is 2. The third kappa shape index (κ3) is 2.84. The standard InChI is InChI=1S/C12H9BrFN3O/c13-9-6-8(1-2-10(9)14)17-12(18)7-3-4-16-11(15)5-7/h1-6H,(H2,15,16)(H,17,18). The van der Waals surface area contributed by atoms with Crippen molar-refractivity contribution >= 4 is 33.3 Å². The number of amides is 1. The molecule has 1 aromatic carbocycles. The van der Waals surface area contributed by atoms with Gasteiger partial charge in [0.25, 0.3) is 5.91 Å². The summed E-state index contributed by atoms with van der Waals surface area (Å²) in [5.41, 5.74) is 6.37. The molecule has 0 saturated heterocycles. The molecule has 1 heterocycles. The average Bonchev–Trinajstić information content (AvgIpc) is 2.34. The van der Waals surface area contributed by atoms with Crippen molar-refractivity contribution in [3.8, 4) is 0 Å². The van der Waals surface area contributed by atoms with Crippen LogP contribution in [0.2, 0.25) is 0 Å². The van der Waals surface area contributed by atoms with Gasteiger partial charge in [0.2, 0.25) is 0 Å². The Labute approximate surface area is 111 Å². The highest BCUT2D eigenvalue weighted by Gasteiger charge is 2.08. The van der Waals surface area contributed by atoms with Gasteiger partial charge in [-0.25, -0.2) is 9.37 Å². The topological polar surface area (TPSA) is 68.0 Å². The minimum absolute atomic E-state index is 0.267. The predicted molar refractivity (Wildman–Crippen MR) is 70.7 cm³/mol. The highest BCUT2D eigenvalue weighted by atomic mass is 79.9. The van der Waals surface area contributed by atoms with Gasteiger partial charge in [-0.1, -0.05) is 0 Å². The van der Waals surface area contributed by atoms with E-state index in [0.717, 1.165) is 0 Å². The number of carbonyl (C=O) groups is 1. The number of carbonyl (C=O) groups excluding carboxylic acids is 1. The zero-order chi connectivity index (χ0) is 13.1. The zero-order valence-electron chi connectivity index (χ0n) is 9.15. The van der Waals surface area contributed by atoms with Crippen LogP contribution in [0.25, 0.3) is 0 Å². The Hall–Kier alpha value is -1.95. The van der Waals surface area contributed by atoms with Gasteiger partial charge in [0.1, 0.15) is 11.6 Å². The number of hydrogen-bond acceptors (Lipinski definition) is 3. The monoisotopic (exact) mass is 309 g/mol. The largest absolute Gasteiger partial charge is 0.384 e. The van der Waals surface area contributed by atoms with E-state index in [-0.39, 0.29) is 22.0 Å². The van der Waals surface area contributed by atoms with Gasteiger partial charge in [-0.2, -0.15) is 0 Å². The fourth-order valence-electron chi connectivity index (χ4n) is 1.37. The Bertz CT molecular complexity index is 604. The van der Waals surface area contributed by atoms with E-state index in [9.17, 15) is 9.18 Å². The summed E-state index contributed by atoms with van der Waals surface area (Å²) in [6.45, 7) is 0. The van der Waals surface area contributed by atoms with Crippen LogP contribution in [0.1, 0.15) is 10.4 Å². The Morgan fingerprint density at radius 3 is 2.78 bits per heavy atom. The predicted octanol–water partition coefficient (Wildman–Crippen LogP) is 2.82. The van der Waals surface area contributed by atoms with Crippen molar-refractivity contribution in [3.05, 3.63) is 52.4 Å². The number of anilines is 2. The molecule has 0 unspecified atom stereocenters. The summed E-state index contributed by atoms with van der Waals surface area (Å²) in [5, 5.41) is 2.63. The van der Waals surface area contributed by atoms with Crippen LogP contribution in [-0.4, -0.2) is 10.9 Å². The minimum atomic E-state index is -0.388. The van der Waals surface area contributed by atoms with Gasteiger partial charge in [-0.05, 0) is 46.3 Å². The Morgan fingerprint density at radius 2 is 2.11 bits per heavy atom. The smallest absolute Gasteiger partial charge is 0.255 e. The minimum Gasteiger partial charge on any atom is -0.384 e. The molecular formula is C12H9BrFN3O. The first-order valence-electron chi connectivity index (χ1n) is 5.04. The summed E-state index contributed by atoms with van der Waals surface area (Å²) in [4.78, 5) is 15.7. The average molecular weight is 310 g/mol. The first-order valence-corrected chi connectivity index (χ1v) is 5.83. The second-order valence-corrected chi connectivity index (χ2v) is 4.41. The van der Waals surface area contributed by atoms with Crippen LogP contribution in [0.3, 0.4) is 0 Å². The highest BCUT2D eigenvalue weighted by molar-refractivity contribution is 9.10. The van der Waals surface area contributed by atoms with Crippen molar-refractivity contribution in [1.29, 1.82) is 0 Å². The van der Waals surface area contributed by atoms with Gasteiger partial charge in [0.15, 0.2) is 0 Å². The van der Waals surface area contributed by atoms with E-state index in [1.165, 1.54) is 30.5 Å². The number of pyridine rings is 1. The summed E-state index contributed by atoms with van der Waals surface area (Å²) in [6, 6.07) is 7.24. The molecule has 0 radical (unpaired) electrons. The second kappa shape index (κ2) is 5.14. The zero-order valence-corrected chi connectivity index (χ0v) is 10.7. The summed E-state index contributed by atoms with van der Waals surface area (Å²) in [7, 11) is 0. The summed E-state index contributed by atoms with van der Waals surface area (Å²) >= 11 is 3.05. The molecule has 0 aliphatic carbocycles. The van der Waals surface area contributed by atoms with Gasteiger partial charge in [0.05, 0.1) is 4.47 Å². The maximum atomic E-state index is 13.0. The molecule has 0 bridgehead atoms. The highest BCUT2D eigenvalue weighted by Crippen LogP contribution is 2.20. The number of halogens is 2. The van der Waals surface area contributed by atoms with E-state index in [2.05, 4.69) is 26.2 Å². The molecule has 6 heteroatoms. The lowest BCUT2D eigenvalue weighted by molar-refractivity contribution is 0.102. The molecule has 1 aromatic heterocycles. The van der Waals surface area contributed by atoms with Crippen LogP contribution in [-0.2, 0) is 0 Å². The number of nitrogens with two attached hydrogens (primary N) is 1. The molecule has 92 valence electrons. The van der Waals surface area contributed by atoms with Crippen molar-refractivity contribution in [3.63, 3.8) is 0 Å². The Kier molecular flexibility index (Phi) is 3.57. The molecular weight excluding hydrogens is 301 g/mol. The fourth-order valence-corrected chi connectivity index (χ4v) is 1.75. The van der Waals surface area contributed by atoms with Gasteiger partial charge in [0, 0.05) is 17.4 Å². The van der Waals surface area contributed by atoms with Crippen molar-refractivity contribution in [2.75, 3.05) is 11.1 Å². The molecule has 18 heavy (non-hydrogen) atoms. The molecule has 0 saturated carbocycles. The van der Waals surface area contributed by atoms with Gasteiger partial charge in [-0.3, -0.25) is 4.79 Å². The van der Waals surface area contributed by atoms with E-state index < -0.39 is 0 Å². The first kappa shape index (κ1) is 12.5. The number of aromatic nitrogens is 1. The molecule has 0 fully saturated rings. The van der Waals surface area contributed by atoms with E-state index in [1.54, 1.807) is 6.07 Å². The van der Waals surface area contributed by atoms with Crippen molar-refractivity contribution in [1.82, 2.24) is 4.98 Å². The number of hydrogen-bond donors (Lipinski definition) is 2. The molecule has 2 rings (SSSR count). The van der Waals surface area contributed by atoms with E-state index >= 15 is 0 Å². The SMILES string of the molecule is Nc1cc(C(=O)Nc2ccc(F)c(Br)c2)ccn1. The molecule has 0 spiro atoms. The van der Waals surface area contributed by atoms with Crippen LogP contribution < -0.4 is 11.1 Å². The van der Waals surface area contributed by atoms with Crippen LogP contribution in [0.5, 0.6) is 0 Å². The van der Waals surface area contributed by atoms with E-state index in [0.29, 0.717) is 11.3 Å². The summed E-state index contributed by atoms with van der Waals surface area (Å²) in [6.07, 6.45) is 1.45. The first-order chi connectivity index (χ1) is 8.56. The molecule has 0 aliphatic rings. The van der Waals surface area contributed by atoms with Gasteiger partial charge >= 0.3 is 0 Å². The fraction of sp³-hybridized carbons (Fsp3) is 0. The van der Waals surface area contributed by atoms with Crippen molar-refractivity contribution < 1.29 is 9.18 Å². The lowest BCUT2D eigenvalue weighted by Gasteiger charge is -2.06. The van der Waals surface area contributed by atoms with Gasteiger partial charge < -0.3 is 11.1 Å². The molecule has 0 atom stereocenters. The number of nitrogens with zero attached hydrogens (tertiary/aromatic N) is 1. The summed E-state index contributed by atoms with van der Waals surface area (Å²) in [5.74, 6) is -0.452. The Morgan fingerprint density at radius 1 is 1.33 bits per heavy atom. The molecule has 1 amide bonds. The normalized spacial score (nSPS) is 10.1. The Balaban J connectivity index is 2.18. The van der Waals surface area contributed by atoms with Crippen LogP contribution in [0.4, 0.5) is 15.9 Å². The molecule has 0 aliphatic heterocycles. The number of nitrogen functional groups attached to an aromatic ring is 1. The van der Waals surface area contributed by atoms with E-state index in [4.69, 9.17) is 5.73 Å². The molecule has 3 N–H and O–H groups in total. The van der Waals surface area contributed by atoms with Crippen LogP contribution in [0, 0.1) is 5.82 Å². The van der Waals surface area contributed by atoms with Crippen molar-refractivity contribution in [2.24, 2.45) is 0 Å². The lowest BCUT2D eigenvalue weighted by atomic mass is 10.2. The number of nitrogens with one attached hydrogen (secondary N) is 1. The molecule has 4 nitrogen and oxygen atoms in total. The maximum Gasteiger partial charge on any atom is 0.255 e. The lowest BCUT2D eigenvalue weighted by Crippen LogP contribution is -2.12. The third-order valence-electron chi connectivity index (χ3n) is 2.22. The molecule has 2 aromatic rings. The van der Waals surface area contributed by atoms with Crippen molar-refractivity contribution in [2.45, 2.75) is 0 Å². The third-order valence-corrected chi connectivity index (χ3v) is 2.83. The second-order valence-electron chi connectivity index (χ2n) is 3.55. The number of benzene rings is 1. The van der Waals surface area contributed by atoms with E-state index in [1.807, 2.05) is 0 Å². The van der Waals surface area contributed by atoms with Gasteiger partial charge in [-0.15, -0.1) is 0 Å². The van der Waals surface area contributed by atoms with Crippen LogP contribution >= 0.6 is 15.9 Å². The summed E-state index contributed by atoms with van der Waals surface area (Å²) < 4.78 is 13.3. The quantitative estimate of drug-likeness (QED) is 0.896. The maximum absolute atomic E-state index is 13.0. The van der Waals surface area contributed by atoms with Crippen LogP contribution in [0.15, 0.2) is 41.0 Å².